The van der Waals surface area contributed by atoms with Crippen molar-refractivity contribution in [2.75, 3.05) is 6.54 Å². The molecule has 0 aromatic heterocycles. The first-order valence-electron chi connectivity index (χ1n) is 5.68. The van der Waals surface area contributed by atoms with E-state index >= 15 is 0 Å². The molecule has 7 heteroatoms. The van der Waals surface area contributed by atoms with Crippen molar-refractivity contribution >= 4 is 27.6 Å². The molecule has 5 nitrogen and oxygen atoms in total. The minimum absolute atomic E-state index is 0.307. The molecule has 0 atom stereocenters. The summed E-state index contributed by atoms with van der Waals surface area (Å²) in [6, 6.07) is 6.18. The van der Waals surface area contributed by atoms with Crippen LogP contribution in [-0.4, -0.2) is 36.4 Å². The zero-order chi connectivity index (χ0) is 14.6. The van der Waals surface area contributed by atoms with Crippen LogP contribution in [0, 0.1) is 0 Å². The fourth-order valence-corrected chi connectivity index (χ4v) is 3.67. The highest BCUT2D eigenvalue weighted by Gasteiger charge is 2.27. The van der Waals surface area contributed by atoms with Gasteiger partial charge in [0.05, 0.1) is 5.75 Å². The highest BCUT2D eigenvalue weighted by atomic mass is 35.5. The van der Waals surface area contributed by atoms with Crippen molar-refractivity contribution in [2.45, 2.75) is 25.6 Å². The van der Waals surface area contributed by atoms with Crippen molar-refractivity contribution in [3.8, 4) is 0 Å². The maximum atomic E-state index is 12.2. The molecule has 106 valence electrons. The summed E-state index contributed by atoms with van der Waals surface area (Å²) in [4.78, 5) is 10.7. The minimum atomic E-state index is -3.72. The number of hydrogen-bond donors (Lipinski definition) is 1. The number of rotatable bonds is 6. The van der Waals surface area contributed by atoms with Gasteiger partial charge in [-0.15, -0.1) is 0 Å². The largest absolute Gasteiger partial charge is 0.480 e. The summed E-state index contributed by atoms with van der Waals surface area (Å²) in [6.45, 7) is 2.71. The van der Waals surface area contributed by atoms with Gasteiger partial charge in [-0.1, -0.05) is 29.8 Å². The summed E-state index contributed by atoms with van der Waals surface area (Å²) in [5, 5.41) is 9.14. The standard InChI is InChI=1S/C12H16ClNO4S/c1-9(2)14(7-12(15)16)19(17,18)8-10-5-3-4-6-11(10)13/h3-6,9H,7-8H2,1-2H3,(H,15,16). The summed E-state index contributed by atoms with van der Waals surface area (Å²) >= 11 is 5.92. The molecule has 0 radical (unpaired) electrons. The average Bonchev–Trinajstić information content (AvgIpc) is 2.28. The van der Waals surface area contributed by atoms with Crippen LogP contribution in [0.4, 0.5) is 0 Å². The van der Waals surface area contributed by atoms with Gasteiger partial charge in [0, 0.05) is 11.1 Å². The van der Waals surface area contributed by atoms with E-state index in [0.29, 0.717) is 10.6 Å². The van der Waals surface area contributed by atoms with Crippen molar-refractivity contribution < 1.29 is 18.3 Å². The summed E-state index contributed by atoms with van der Waals surface area (Å²) in [5.41, 5.74) is 0.459. The third-order valence-electron chi connectivity index (χ3n) is 2.52. The van der Waals surface area contributed by atoms with Gasteiger partial charge in [0.25, 0.3) is 0 Å². The van der Waals surface area contributed by atoms with Crippen LogP contribution in [0.5, 0.6) is 0 Å². The molecule has 0 bridgehead atoms. The van der Waals surface area contributed by atoms with Gasteiger partial charge in [0.15, 0.2) is 0 Å². The monoisotopic (exact) mass is 305 g/mol. The minimum Gasteiger partial charge on any atom is -0.480 e. The highest BCUT2D eigenvalue weighted by Crippen LogP contribution is 2.20. The van der Waals surface area contributed by atoms with E-state index in [1.54, 1.807) is 38.1 Å². The van der Waals surface area contributed by atoms with Crippen LogP contribution in [-0.2, 0) is 20.6 Å². The van der Waals surface area contributed by atoms with Gasteiger partial charge in [-0.05, 0) is 25.5 Å². The zero-order valence-corrected chi connectivity index (χ0v) is 12.3. The number of halogens is 1. The predicted octanol–water partition coefficient (Wildman–Crippen LogP) is 1.96. The van der Waals surface area contributed by atoms with Crippen LogP contribution in [0.25, 0.3) is 0 Å². The lowest BCUT2D eigenvalue weighted by Gasteiger charge is -2.24. The van der Waals surface area contributed by atoms with Crippen molar-refractivity contribution in [2.24, 2.45) is 0 Å². The Morgan fingerprint density at radius 2 is 1.95 bits per heavy atom. The topological polar surface area (TPSA) is 74.7 Å². The molecule has 0 spiro atoms. The lowest BCUT2D eigenvalue weighted by molar-refractivity contribution is -0.137. The fraction of sp³-hybridized carbons (Fsp3) is 0.417. The van der Waals surface area contributed by atoms with Crippen molar-refractivity contribution in [1.82, 2.24) is 4.31 Å². The van der Waals surface area contributed by atoms with Crippen molar-refractivity contribution in [3.05, 3.63) is 34.9 Å². The van der Waals surface area contributed by atoms with Gasteiger partial charge in [0.2, 0.25) is 10.0 Å². The van der Waals surface area contributed by atoms with Gasteiger partial charge in [-0.3, -0.25) is 4.79 Å². The maximum absolute atomic E-state index is 12.2. The molecule has 0 heterocycles. The summed E-state index contributed by atoms with van der Waals surface area (Å²) < 4.78 is 25.4. The van der Waals surface area contributed by atoms with Crippen LogP contribution in [0.15, 0.2) is 24.3 Å². The molecule has 0 saturated heterocycles. The summed E-state index contributed by atoms with van der Waals surface area (Å²) in [5.74, 6) is -1.49. The Labute approximate surface area is 117 Å². The predicted molar refractivity (Wildman–Crippen MR) is 73.6 cm³/mol. The number of carboxylic acids is 1. The number of carboxylic acid groups (broad SMARTS) is 1. The summed E-state index contributed by atoms with van der Waals surface area (Å²) in [6.07, 6.45) is 0. The van der Waals surface area contributed by atoms with E-state index in [9.17, 15) is 13.2 Å². The Morgan fingerprint density at radius 1 is 1.37 bits per heavy atom. The number of aliphatic carboxylic acids is 1. The third kappa shape index (κ3) is 4.49. The van der Waals surface area contributed by atoms with Gasteiger partial charge < -0.3 is 5.11 Å². The first-order chi connectivity index (χ1) is 8.74. The molecular weight excluding hydrogens is 290 g/mol. The zero-order valence-electron chi connectivity index (χ0n) is 10.7. The number of carbonyl (C=O) groups is 1. The highest BCUT2D eigenvalue weighted by molar-refractivity contribution is 7.88. The molecule has 1 aromatic carbocycles. The normalized spacial score (nSPS) is 12.1. The van der Waals surface area contributed by atoms with Crippen LogP contribution >= 0.6 is 11.6 Å². The second kappa shape index (κ2) is 6.36. The van der Waals surface area contributed by atoms with Crippen molar-refractivity contribution in [3.63, 3.8) is 0 Å². The molecule has 1 aromatic rings. The van der Waals surface area contributed by atoms with E-state index in [-0.39, 0.29) is 5.75 Å². The first-order valence-corrected chi connectivity index (χ1v) is 7.67. The van der Waals surface area contributed by atoms with Crippen LogP contribution in [0.2, 0.25) is 5.02 Å². The fourth-order valence-electron chi connectivity index (χ4n) is 1.63. The molecule has 0 unspecified atom stereocenters. The van der Waals surface area contributed by atoms with Crippen LogP contribution in [0.3, 0.4) is 0 Å². The smallest absolute Gasteiger partial charge is 0.318 e. The van der Waals surface area contributed by atoms with Gasteiger partial charge in [-0.2, -0.15) is 4.31 Å². The Bertz CT molecular complexity index is 557. The number of sulfonamides is 1. The Hall–Kier alpha value is -1.11. The lowest BCUT2D eigenvalue weighted by atomic mass is 10.2. The molecular formula is C12H16ClNO4S. The Balaban J connectivity index is 3.02. The molecule has 1 rings (SSSR count). The van der Waals surface area contributed by atoms with E-state index in [1.165, 1.54) is 0 Å². The number of nitrogens with zero attached hydrogens (tertiary/aromatic N) is 1. The second-order valence-electron chi connectivity index (χ2n) is 4.38. The molecule has 1 N–H and O–H groups in total. The number of benzene rings is 1. The molecule has 0 saturated carbocycles. The lowest BCUT2D eigenvalue weighted by Crippen LogP contribution is -2.41. The molecule has 0 fully saturated rings. The first kappa shape index (κ1) is 15.9. The quantitative estimate of drug-likeness (QED) is 0.872. The van der Waals surface area contributed by atoms with E-state index in [4.69, 9.17) is 16.7 Å². The van der Waals surface area contributed by atoms with Gasteiger partial charge in [0.1, 0.15) is 6.54 Å². The Morgan fingerprint density at radius 3 is 2.42 bits per heavy atom. The van der Waals surface area contributed by atoms with Gasteiger partial charge in [-0.25, -0.2) is 8.42 Å². The third-order valence-corrected chi connectivity index (χ3v) is 4.83. The average molecular weight is 306 g/mol. The second-order valence-corrected chi connectivity index (χ2v) is 6.71. The molecule has 0 aliphatic rings. The Kier molecular flexibility index (Phi) is 5.34. The van der Waals surface area contributed by atoms with E-state index < -0.39 is 28.6 Å². The van der Waals surface area contributed by atoms with Gasteiger partial charge >= 0.3 is 5.97 Å². The number of hydrogen-bond acceptors (Lipinski definition) is 3. The van der Waals surface area contributed by atoms with E-state index in [1.807, 2.05) is 0 Å². The molecule has 0 amide bonds. The van der Waals surface area contributed by atoms with Crippen LogP contribution < -0.4 is 0 Å². The maximum Gasteiger partial charge on any atom is 0.318 e. The van der Waals surface area contributed by atoms with E-state index in [0.717, 1.165) is 4.31 Å². The molecule has 19 heavy (non-hydrogen) atoms. The SMILES string of the molecule is CC(C)N(CC(=O)O)S(=O)(=O)Cc1ccccc1Cl. The van der Waals surface area contributed by atoms with E-state index in [2.05, 4.69) is 0 Å². The molecule has 0 aliphatic carbocycles. The van der Waals surface area contributed by atoms with Crippen LogP contribution in [0.1, 0.15) is 19.4 Å². The summed E-state index contributed by atoms with van der Waals surface area (Å²) in [7, 11) is -3.72. The molecule has 0 aliphatic heterocycles. The van der Waals surface area contributed by atoms with Crippen molar-refractivity contribution in [1.29, 1.82) is 0 Å².